The van der Waals surface area contributed by atoms with Crippen LogP contribution >= 0.6 is 15.9 Å². The molecule has 1 aromatic rings. The molecule has 2 aliphatic rings. The number of hydrogen-bond acceptors (Lipinski definition) is 4. The van der Waals surface area contributed by atoms with Crippen molar-refractivity contribution >= 4 is 33.6 Å². The number of urea groups is 1. The van der Waals surface area contributed by atoms with E-state index in [0.29, 0.717) is 31.7 Å². The van der Waals surface area contributed by atoms with Crippen molar-refractivity contribution in [3.8, 4) is 0 Å². The number of nitrogens with zero attached hydrogens (tertiary/aromatic N) is 1. The average molecular weight is 354 g/mol. The fraction of sp³-hybridized carbons (Fsp3) is 0.429. The number of imide groups is 1. The highest BCUT2D eigenvalue weighted by atomic mass is 79.9. The zero-order valence-corrected chi connectivity index (χ0v) is 13.0. The molecular formula is C14H16BrN3O3. The Kier molecular flexibility index (Phi) is 3.62. The third kappa shape index (κ3) is 2.63. The van der Waals surface area contributed by atoms with E-state index in [1.54, 1.807) is 12.1 Å². The minimum atomic E-state index is -0.785. The lowest BCUT2D eigenvalue weighted by molar-refractivity contribution is -0.134. The number of anilines is 1. The van der Waals surface area contributed by atoms with Crippen molar-refractivity contribution in [1.29, 1.82) is 0 Å². The SMILES string of the molecule is Nc1cc(Br)cc(CN2C(=O)NC3(CCOCC3)C2=O)c1. The van der Waals surface area contributed by atoms with E-state index >= 15 is 0 Å². The number of carbonyl (C=O) groups is 2. The van der Waals surface area contributed by atoms with Crippen molar-refractivity contribution < 1.29 is 14.3 Å². The summed E-state index contributed by atoms with van der Waals surface area (Å²) in [6, 6.07) is 5.04. The molecule has 3 amide bonds. The van der Waals surface area contributed by atoms with Crippen LogP contribution in [0.15, 0.2) is 22.7 Å². The molecule has 0 radical (unpaired) electrons. The largest absolute Gasteiger partial charge is 0.399 e. The first-order valence-corrected chi connectivity index (χ1v) is 7.56. The molecule has 0 aromatic heterocycles. The van der Waals surface area contributed by atoms with Gasteiger partial charge in [-0.25, -0.2) is 4.79 Å². The second-order valence-corrected chi connectivity index (χ2v) is 6.32. The Hall–Kier alpha value is -1.60. The van der Waals surface area contributed by atoms with Crippen LogP contribution in [0.2, 0.25) is 0 Å². The highest BCUT2D eigenvalue weighted by Gasteiger charge is 2.51. The summed E-state index contributed by atoms with van der Waals surface area (Å²) in [4.78, 5) is 26.0. The van der Waals surface area contributed by atoms with Gasteiger partial charge >= 0.3 is 6.03 Å². The van der Waals surface area contributed by atoms with E-state index in [1.807, 2.05) is 6.07 Å². The van der Waals surface area contributed by atoms with E-state index in [2.05, 4.69) is 21.2 Å². The molecule has 2 heterocycles. The van der Waals surface area contributed by atoms with Gasteiger partial charge in [-0.1, -0.05) is 15.9 Å². The van der Waals surface area contributed by atoms with Crippen molar-refractivity contribution in [3.63, 3.8) is 0 Å². The average Bonchev–Trinajstić information content (AvgIpc) is 2.63. The molecule has 2 saturated heterocycles. The normalized spacial score (nSPS) is 20.9. The number of halogens is 1. The van der Waals surface area contributed by atoms with Crippen molar-refractivity contribution in [2.24, 2.45) is 0 Å². The van der Waals surface area contributed by atoms with Crippen LogP contribution in [-0.2, 0) is 16.1 Å². The van der Waals surface area contributed by atoms with Crippen LogP contribution in [0.5, 0.6) is 0 Å². The fourth-order valence-corrected chi connectivity index (χ4v) is 3.39. The number of benzene rings is 1. The summed E-state index contributed by atoms with van der Waals surface area (Å²) in [6.07, 6.45) is 1.05. The number of ether oxygens (including phenoxy) is 1. The second kappa shape index (κ2) is 5.31. The number of nitrogens with two attached hydrogens (primary N) is 1. The highest BCUT2D eigenvalue weighted by molar-refractivity contribution is 9.10. The molecule has 3 rings (SSSR count). The summed E-state index contributed by atoms with van der Waals surface area (Å²) in [5.41, 5.74) is 6.41. The molecule has 0 saturated carbocycles. The number of amides is 3. The number of rotatable bonds is 2. The molecule has 3 N–H and O–H groups in total. The topological polar surface area (TPSA) is 84.7 Å². The van der Waals surface area contributed by atoms with Gasteiger partial charge in [-0.15, -0.1) is 0 Å². The zero-order valence-electron chi connectivity index (χ0n) is 11.4. The quantitative estimate of drug-likeness (QED) is 0.625. The van der Waals surface area contributed by atoms with E-state index in [9.17, 15) is 9.59 Å². The Morgan fingerprint density at radius 3 is 2.67 bits per heavy atom. The zero-order chi connectivity index (χ0) is 15.0. The lowest BCUT2D eigenvalue weighted by atomic mass is 9.90. The Morgan fingerprint density at radius 2 is 2.00 bits per heavy atom. The first-order valence-electron chi connectivity index (χ1n) is 6.77. The molecular weight excluding hydrogens is 338 g/mol. The standard InChI is InChI=1S/C14H16BrN3O3/c15-10-5-9(6-11(16)7-10)8-18-12(19)14(17-13(18)20)1-3-21-4-2-14/h5-7H,1-4,8,16H2,(H,17,20). The molecule has 2 aliphatic heterocycles. The predicted molar refractivity (Wildman–Crippen MR) is 80.4 cm³/mol. The molecule has 1 aromatic carbocycles. The molecule has 0 aliphatic carbocycles. The predicted octanol–water partition coefficient (Wildman–Crippen LogP) is 1.63. The lowest BCUT2D eigenvalue weighted by Crippen LogP contribution is -2.51. The van der Waals surface area contributed by atoms with Gasteiger partial charge in [0.1, 0.15) is 5.54 Å². The molecule has 7 heteroatoms. The van der Waals surface area contributed by atoms with Gasteiger partial charge in [0.15, 0.2) is 0 Å². The highest BCUT2D eigenvalue weighted by Crippen LogP contribution is 2.30. The van der Waals surface area contributed by atoms with Crippen LogP contribution in [-0.4, -0.2) is 35.6 Å². The molecule has 1 spiro atoms. The Bertz CT molecular complexity index is 579. The van der Waals surface area contributed by atoms with Gasteiger partial charge in [0.25, 0.3) is 5.91 Å². The van der Waals surface area contributed by atoms with Gasteiger partial charge in [-0.05, 0) is 23.8 Å². The van der Waals surface area contributed by atoms with E-state index in [1.165, 1.54) is 4.90 Å². The Balaban J connectivity index is 1.82. The maximum atomic E-state index is 12.6. The lowest BCUT2D eigenvalue weighted by Gasteiger charge is -2.30. The summed E-state index contributed by atoms with van der Waals surface area (Å²) in [5.74, 6) is -0.172. The van der Waals surface area contributed by atoms with E-state index in [4.69, 9.17) is 10.5 Å². The van der Waals surface area contributed by atoms with Crippen LogP contribution < -0.4 is 11.1 Å². The number of hydrogen-bond donors (Lipinski definition) is 2. The van der Waals surface area contributed by atoms with Crippen LogP contribution in [0.25, 0.3) is 0 Å². The van der Waals surface area contributed by atoms with E-state index < -0.39 is 5.54 Å². The maximum absolute atomic E-state index is 12.6. The first-order chi connectivity index (χ1) is 10.00. The van der Waals surface area contributed by atoms with Crippen molar-refractivity contribution in [2.45, 2.75) is 24.9 Å². The van der Waals surface area contributed by atoms with Gasteiger partial charge in [0.05, 0.1) is 6.54 Å². The van der Waals surface area contributed by atoms with Gasteiger partial charge < -0.3 is 15.8 Å². The van der Waals surface area contributed by atoms with Crippen LogP contribution in [0.4, 0.5) is 10.5 Å². The maximum Gasteiger partial charge on any atom is 0.325 e. The Labute approximate surface area is 130 Å². The fourth-order valence-electron chi connectivity index (χ4n) is 2.83. The van der Waals surface area contributed by atoms with Gasteiger partial charge in [-0.3, -0.25) is 9.69 Å². The molecule has 0 unspecified atom stereocenters. The van der Waals surface area contributed by atoms with Crippen molar-refractivity contribution in [3.05, 3.63) is 28.2 Å². The molecule has 2 fully saturated rings. The van der Waals surface area contributed by atoms with Gasteiger partial charge in [0.2, 0.25) is 0 Å². The molecule has 6 nitrogen and oxygen atoms in total. The van der Waals surface area contributed by atoms with Gasteiger partial charge in [-0.2, -0.15) is 0 Å². The van der Waals surface area contributed by atoms with E-state index in [-0.39, 0.29) is 18.5 Å². The summed E-state index contributed by atoms with van der Waals surface area (Å²) < 4.78 is 6.10. The van der Waals surface area contributed by atoms with Crippen LogP contribution in [0.3, 0.4) is 0 Å². The second-order valence-electron chi connectivity index (χ2n) is 5.41. The number of nitrogens with one attached hydrogen (secondary N) is 1. The third-order valence-electron chi connectivity index (χ3n) is 3.91. The number of nitrogen functional groups attached to an aromatic ring is 1. The minimum Gasteiger partial charge on any atom is -0.399 e. The van der Waals surface area contributed by atoms with Crippen molar-refractivity contribution in [2.75, 3.05) is 18.9 Å². The first kappa shape index (κ1) is 14.3. The monoisotopic (exact) mass is 353 g/mol. The van der Waals surface area contributed by atoms with Crippen molar-refractivity contribution in [1.82, 2.24) is 10.2 Å². The van der Waals surface area contributed by atoms with Gasteiger partial charge in [0, 0.05) is 36.2 Å². The smallest absolute Gasteiger partial charge is 0.325 e. The summed E-state index contributed by atoms with van der Waals surface area (Å²) >= 11 is 3.36. The summed E-state index contributed by atoms with van der Waals surface area (Å²) in [7, 11) is 0. The summed E-state index contributed by atoms with van der Waals surface area (Å²) in [5, 5.41) is 2.83. The van der Waals surface area contributed by atoms with Crippen LogP contribution in [0, 0.1) is 0 Å². The molecule has 0 atom stereocenters. The van der Waals surface area contributed by atoms with Crippen LogP contribution in [0.1, 0.15) is 18.4 Å². The minimum absolute atomic E-state index is 0.172. The summed E-state index contributed by atoms with van der Waals surface area (Å²) in [6.45, 7) is 1.20. The molecule has 112 valence electrons. The Morgan fingerprint density at radius 1 is 1.29 bits per heavy atom. The van der Waals surface area contributed by atoms with E-state index in [0.717, 1.165) is 10.0 Å². The molecule has 21 heavy (non-hydrogen) atoms. The number of carbonyl (C=O) groups excluding carboxylic acids is 2. The third-order valence-corrected chi connectivity index (χ3v) is 4.37. The molecule has 0 bridgehead atoms.